The van der Waals surface area contributed by atoms with Crippen LogP contribution in [0.25, 0.3) is 0 Å². The lowest BCUT2D eigenvalue weighted by molar-refractivity contribution is 0.0691. The van der Waals surface area contributed by atoms with Gasteiger partial charge in [-0.15, -0.1) is 0 Å². The van der Waals surface area contributed by atoms with Crippen LogP contribution in [-0.4, -0.2) is 30.3 Å². The van der Waals surface area contributed by atoms with E-state index in [1.165, 1.54) is 14.2 Å². The van der Waals surface area contributed by atoms with Gasteiger partial charge in [-0.1, -0.05) is 0 Å². The molecule has 0 saturated carbocycles. The largest absolute Gasteiger partial charge is 0.492 e. The number of nitrogens with zero attached hydrogens (tertiary/aromatic N) is 1. The van der Waals surface area contributed by atoms with Gasteiger partial charge in [0.25, 0.3) is 0 Å². The molecule has 82 valence electrons. The monoisotopic (exact) mass is 211 g/mol. The Balaban J connectivity index is 3.56. The number of carboxylic acid groups (broad SMARTS) is 1. The third-order valence-corrected chi connectivity index (χ3v) is 2.08. The number of methoxy groups -OCH3 is 2. The highest BCUT2D eigenvalue weighted by atomic mass is 16.5. The summed E-state index contributed by atoms with van der Waals surface area (Å²) in [5.74, 6) is -0.495. The van der Waals surface area contributed by atoms with Crippen LogP contribution in [-0.2, 0) is 0 Å². The number of carbonyl (C=O) groups is 1. The fourth-order valence-corrected chi connectivity index (χ4v) is 1.49. The molecule has 1 aromatic rings. The van der Waals surface area contributed by atoms with E-state index in [0.717, 1.165) is 0 Å². The molecule has 1 aromatic heterocycles. The van der Waals surface area contributed by atoms with E-state index < -0.39 is 5.97 Å². The molecule has 0 spiro atoms. The number of hydrogen-bond acceptors (Lipinski definition) is 4. The van der Waals surface area contributed by atoms with Gasteiger partial charge in [-0.05, 0) is 13.8 Å². The lowest BCUT2D eigenvalue weighted by atomic mass is 10.1. The Hall–Kier alpha value is -1.78. The summed E-state index contributed by atoms with van der Waals surface area (Å²) in [6, 6.07) is 0. The Kier molecular flexibility index (Phi) is 3.14. The fourth-order valence-electron chi connectivity index (χ4n) is 1.49. The Bertz CT molecular complexity index is 401. The maximum Gasteiger partial charge on any atom is 0.341 e. The van der Waals surface area contributed by atoms with Gasteiger partial charge in [0, 0.05) is 0 Å². The molecule has 1 N–H and O–H groups in total. The second kappa shape index (κ2) is 4.16. The van der Waals surface area contributed by atoms with Crippen LogP contribution in [0.3, 0.4) is 0 Å². The van der Waals surface area contributed by atoms with E-state index in [2.05, 4.69) is 4.98 Å². The van der Waals surface area contributed by atoms with Crippen molar-refractivity contribution >= 4 is 5.97 Å². The summed E-state index contributed by atoms with van der Waals surface area (Å²) < 4.78 is 10.1. The summed E-state index contributed by atoms with van der Waals surface area (Å²) >= 11 is 0. The van der Waals surface area contributed by atoms with Crippen LogP contribution in [0.5, 0.6) is 11.5 Å². The van der Waals surface area contributed by atoms with Crippen LogP contribution >= 0.6 is 0 Å². The quantitative estimate of drug-likeness (QED) is 0.818. The number of pyridine rings is 1. The molecule has 0 aromatic carbocycles. The normalized spacial score (nSPS) is 9.87. The summed E-state index contributed by atoms with van der Waals surface area (Å²) in [6.45, 7) is 3.36. The Morgan fingerprint density at radius 2 is 1.67 bits per heavy atom. The molecule has 0 aliphatic carbocycles. The Morgan fingerprint density at radius 3 is 2.07 bits per heavy atom. The molecule has 0 fully saturated rings. The standard InChI is InChI=1S/C10H13NO4/c1-5-7(10(12)13)9(15-4)8(14-3)6(2)11-5/h1-4H3,(H,12,13). The number of aromatic carboxylic acids is 1. The minimum Gasteiger partial charge on any atom is -0.492 e. The van der Waals surface area contributed by atoms with Gasteiger partial charge in [-0.3, -0.25) is 4.98 Å². The number of hydrogen-bond donors (Lipinski definition) is 1. The molecular weight excluding hydrogens is 198 g/mol. The molecule has 0 bridgehead atoms. The SMILES string of the molecule is COc1c(C)nc(C)c(C(=O)O)c1OC. The summed E-state index contributed by atoms with van der Waals surface area (Å²) in [7, 11) is 2.86. The lowest BCUT2D eigenvalue weighted by Crippen LogP contribution is -2.08. The van der Waals surface area contributed by atoms with Crippen molar-refractivity contribution in [3.8, 4) is 11.5 Å². The zero-order valence-corrected chi connectivity index (χ0v) is 9.12. The molecule has 0 aliphatic heterocycles. The zero-order chi connectivity index (χ0) is 11.6. The molecule has 0 amide bonds. The maximum atomic E-state index is 11.0. The second-order valence-corrected chi connectivity index (χ2v) is 3.03. The molecule has 0 aliphatic rings. The summed E-state index contributed by atoms with van der Waals surface area (Å²) in [4.78, 5) is 15.1. The molecule has 5 nitrogen and oxygen atoms in total. The van der Waals surface area contributed by atoms with E-state index in [4.69, 9.17) is 14.6 Å². The third-order valence-electron chi connectivity index (χ3n) is 2.08. The average Bonchev–Trinajstić information content (AvgIpc) is 2.15. The number of ether oxygens (including phenoxy) is 2. The van der Waals surface area contributed by atoms with E-state index in [9.17, 15) is 4.79 Å². The molecular formula is C10H13NO4. The van der Waals surface area contributed by atoms with Crippen molar-refractivity contribution in [1.82, 2.24) is 4.98 Å². The fraction of sp³-hybridized carbons (Fsp3) is 0.400. The van der Waals surface area contributed by atoms with Crippen LogP contribution in [0, 0.1) is 13.8 Å². The van der Waals surface area contributed by atoms with Crippen molar-refractivity contribution in [1.29, 1.82) is 0 Å². The van der Waals surface area contributed by atoms with E-state index in [-0.39, 0.29) is 11.3 Å². The minimum absolute atomic E-state index is 0.0416. The number of carboxylic acids is 1. The highest BCUT2D eigenvalue weighted by Crippen LogP contribution is 2.34. The third kappa shape index (κ3) is 1.86. The Labute approximate surface area is 87.7 Å². The van der Waals surface area contributed by atoms with Crippen molar-refractivity contribution in [3.63, 3.8) is 0 Å². The highest BCUT2D eigenvalue weighted by molar-refractivity contribution is 5.93. The predicted octanol–water partition coefficient (Wildman–Crippen LogP) is 1.41. The maximum absolute atomic E-state index is 11.0. The van der Waals surface area contributed by atoms with E-state index in [1.54, 1.807) is 13.8 Å². The predicted molar refractivity (Wildman–Crippen MR) is 53.8 cm³/mol. The topological polar surface area (TPSA) is 68.7 Å². The minimum atomic E-state index is -1.07. The Morgan fingerprint density at radius 1 is 1.13 bits per heavy atom. The number of rotatable bonds is 3. The van der Waals surface area contributed by atoms with Gasteiger partial charge in [-0.25, -0.2) is 4.79 Å². The molecule has 0 unspecified atom stereocenters. The first-order valence-corrected chi connectivity index (χ1v) is 4.35. The van der Waals surface area contributed by atoms with Crippen molar-refractivity contribution in [2.45, 2.75) is 13.8 Å². The van der Waals surface area contributed by atoms with Gasteiger partial charge < -0.3 is 14.6 Å². The van der Waals surface area contributed by atoms with Crippen LogP contribution in [0.1, 0.15) is 21.7 Å². The molecule has 1 rings (SSSR count). The van der Waals surface area contributed by atoms with E-state index in [0.29, 0.717) is 17.1 Å². The summed E-state index contributed by atoms with van der Waals surface area (Å²) in [5.41, 5.74) is 1.06. The highest BCUT2D eigenvalue weighted by Gasteiger charge is 2.22. The molecule has 0 radical (unpaired) electrons. The van der Waals surface area contributed by atoms with Crippen LogP contribution in [0.15, 0.2) is 0 Å². The van der Waals surface area contributed by atoms with Crippen LogP contribution < -0.4 is 9.47 Å². The van der Waals surface area contributed by atoms with Gasteiger partial charge in [0.15, 0.2) is 11.5 Å². The zero-order valence-electron chi connectivity index (χ0n) is 9.12. The van der Waals surface area contributed by atoms with Crippen molar-refractivity contribution < 1.29 is 19.4 Å². The lowest BCUT2D eigenvalue weighted by Gasteiger charge is -2.13. The van der Waals surface area contributed by atoms with Gasteiger partial charge >= 0.3 is 5.97 Å². The van der Waals surface area contributed by atoms with Crippen LogP contribution in [0.4, 0.5) is 0 Å². The van der Waals surface area contributed by atoms with E-state index in [1.807, 2.05) is 0 Å². The first kappa shape index (κ1) is 11.3. The summed E-state index contributed by atoms with van der Waals surface area (Å²) in [6.07, 6.45) is 0. The van der Waals surface area contributed by atoms with Crippen LogP contribution in [0.2, 0.25) is 0 Å². The summed E-state index contributed by atoms with van der Waals surface area (Å²) in [5, 5.41) is 9.01. The van der Waals surface area contributed by atoms with Gasteiger partial charge in [0.1, 0.15) is 5.56 Å². The average molecular weight is 211 g/mol. The van der Waals surface area contributed by atoms with Gasteiger partial charge in [-0.2, -0.15) is 0 Å². The smallest absolute Gasteiger partial charge is 0.341 e. The van der Waals surface area contributed by atoms with Crippen molar-refractivity contribution in [3.05, 3.63) is 17.0 Å². The molecule has 15 heavy (non-hydrogen) atoms. The van der Waals surface area contributed by atoms with Crippen molar-refractivity contribution in [2.24, 2.45) is 0 Å². The molecule has 1 heterocycles. The first-order valence-electron chi connectivity index (χ1n) is 4.35. The molecule has 5 heteroatoms. The van der Waals surface area contributed by atoms with E-state index >= 15 is 0 Å². The number of aryl methyl sites for hydroxylation is 2. The number of aromatic nitrogens is 1. The second-order valence-electron chi connectivity index (χ2n) is 3.03. The molecule has 0 atom stereocenters. The van der Waals surface area contributed by atoms with Gasteiger partial charge in [0.2, 0.25) is 0 Å². The first-order chi connectivity index (χ1) is 7.02. The van der Waals surface area contributed by atoms with Crippen molar-refractivity contribution in [2.75, 3.05) is 14.2 Å². The van der Waals surface area contributed by atoms with Gasteiger partial charge in [0.05, 0.1) is 25.6 Å². The molecule has 0 saturated heterocycles.